The average Bonchev–Trinajstić information content (AvgIpc) is 3.33. The third kappa shape index (κ3) is 3.71. The Balaban J connectivity index is 1.58. The van der Waals surface area contributed by atoms with Crippen LogP contribution in [-0.2, 0) is 9.59 Å². The number of hydrogen-bond donors (Lipinski definition) is 2. The molecule has 1 aliphatic carbocycles. The van der Waals surface area contributed by atoms with Crippen molar-refractivity contribution in [2.24, 2.45) is 11.8 Å². The Morgan fingerprint density at radius 1 is 1.00 bits per heavy atom. The number of aryl methyl sites for hydroxylation is 1. The molecule has 2 N–H and O–H groups in total. The van der Waals surface area contributed by atoms with E-state index in [1.54, 1.807) is 12.1 Å². The lowest BCUT2D eigenvalue weighted by Gasteiger charge is -2.09. The van der Waals surface area contributed by atoms with Gasteiger partial charge in [0.05, 0.1) is 11.8 Å². The van der Waals surface area contributed by atoms with Crippen molar-refractivity contribution in [1.82, 2.24) is 0 Å². The van der Waals surface area contributed by atoms with Gasteiger partial charge in [-0.05, 0) is 43.2 Å². The highest BCUT2D eigenvalue weighted by atomic mass is 35.5. The normalized spacial score (nSPS) is 19.0. The van der Waals surface area contributed by atoms with Crippen molar-refractivity contribution >= 4 is 34.8 Å². The van der Waals surface area contributed by atoms with Crippen LogP contribution in [0, 0.1) is 18.8 Å². The van der Waals surface area contributed by atoms with Gasteiger partial charge in [0.25, 0.3) is 0 Å². The third-order valence-electron chi connectivity index (χ3n) is 3.96. The molecule has 2 aromatic rings. The molecule has 1 fully saturated rings. The minimum atomic E-state index is -0.280. The van der Waals surface area contributed by atoms with Gasteiger partial charge in [0.1, 0.15) is 0 Å². The van der Waals surface area contributed by atoms with Crippen LogP contribution >= 0.6 is 11.6 Å². The summed E-state index contributed by atoms with van der Waals surface area (Å²) < 4.78 is 0. The van der Waals surface area contributed by atoms with Crippen LogP contribution in [0.4, 0.5) is 11.4 Å². The van der Waals surface area contributed by atoms with Crippen LogP contribution < -0.4 is 10.6 Å². The van der Waals surface area contributed by atoms with Crippen LogP contribution in [0.5, 0.6) is 0 Å². The zero-order valence-corrected chi connectivity index (χ0v) is 13.4. The molecule has 118 valence electrons. The maximum absolute atomic E-state index is 12.3. The number of carbonyl (C=O) groups is 2. The van der Waals surface area contributed by atoms with Gasteiger partial charge in [-0.2, -0.15) is 0 Å². The number of anilines is 2. The number of amides is 2. The van der Waals surface area contributed by atoms with Crippen LogP contribution in [0.2, 0.25) is 5.02 Å². The second-order valence-electron chi connectivity index (χ2n) is 5.75. The molecule has 0 bridgehead atoms. The van der Waals surface area contributed by atoms with Crippen molar-refractivity contribution < 1.29 is 9.59 Å². The summed E-state index contributed by atoms with van der Waals surface area (Å²) in [5, 5.41) is 6.26. The van der Waals surface area contributed by atoms with Gasteiger partial charge < -0.3 is 10.6 Å². The monoisotopic (exact) mass is 328 g/mol. The van der Waals surface area contributed by atoms with Gasteiger partial charge in [0.15, 0.2) is 0 Å². The molecule has 2 atom stereocenters. The van der Waals surface area contributed by atoms with Gasteiger partial charge in [-0.1, -0.05) is 35.9 Å². The zero-order valence-electron chi connectivity index (χ0n) is 12.7. The summed E-state index contributed by atoms with van der Waals surface area (Å²) in [5.41, 5.74) is 2.37. The highest BCUT2D eigenvalue weighted by Crippen LogP contribution is 2.40. The van der Waals surface area contributed by atoms with Gasteiger partial charge in [-0.15, -0.1) is 0 Å². The molecule has 4 nitrogen and oxygen atoms in total. The maximum atomic E-state index is 12.3. The molecule has 3 rings (SSSR count). The third-order valence-corrected chi connectivity index (χ3v) is 4.20. The summed E-state index contributed by atoms with van der Waals surface area (Å²) in [7, 11) is 0. The predicted molar refractivity (Wildman–Crippen MR) is 91.5 cm³/mol. The first-order valence-corrected chi connectivity index (χ1v) is 7.85. The van der Waals surface area contributed by atoms with Crippen molar-refractivity contribution in [2.45, 2.75) is 13.3 Å². The summed E-state index contributed by atoms with van der Waals surface area (Å²) in [6.45, 7) is 1.90. The standard InChI is InChI=1S/C18H17ClN2O2/c1-11-7-8-12(19)9-16(11)21-18(23)15-10-14(15)17(22)20-13-5-3-2-4-6-13/h2-9,14-15H,10H2,1H3,(H,20,22)(H,21,23). The van der Waals surface area contributed by atoms with Gasteiger partial charge in [0.2, 0.25) is 11.8 Å². The number of nitrogens with one attached hydrogen (secondary N) is 2. The van der Waals surface area contributed by atoms with Crippen LogP contribution in [0.15, 0.2) is 48.5 Å². The lowest BCUT2D eigenvalue weighted by molar-refractivity contribution is -0.122. The molecule has 0 aliphatic heterocycles. The minimum Gasteiger partial charge on any atom is -0.326 e. The summed E-state index contributed by atoms with van der Waals surface area (Å²) in [6, 6.07) is 14.6. The first kappa shape index (κ1) is 15.6. The molecule has 1 saturated carbocycles. The van der Waals surface area contributed by atoms with E-state index in [0.29, 0.717) is 17.1 Å². The zero-order chi connectivity index (χ0) is 16.4. The number of benzene rings is 2. The highest BCUT2D eigenvalue weighted by Gasteiger charge is 2.48. The fourth-order valence-corrected chi connectivity index (χ4v) is 2.66. The first-order valence-electron chi connectivity index (χ1n) is 7.47. The molecular weight excluding hydrogens is 312 g/mol. The maximum Gasteiger partial charge on any atom is 0.228 e. The second kappa shape index (κ2) is 6.42. The molecule has 5 heteroatoms. The van der Waals surface area contributed by atoms with E-state index in [1.807, 2.05) is 43.3 Å². The molecule has 2 amide bonds. The quantitative estimate of drug-likeness (QED) is 0.895. The van der Waals surface area contributed by atoms with E-state index in [0.717, 1.165) is 11.3 Å². The van der Waals surface area contributed by atoms with Crippen molar-refractivity contribution in [2.75, 3.05) is 10.6 Å². The molecule has 0 saturated heterocycles. The van der Waals surface area contributed by atoms with Gasteiger partial charge in [-0.25, -0.2) is 0 Å². The molecule has 2 unspecified atom stereocenters. The Bertz CT molecular complexity index is 746. The lowest BCUT2D eigenvalue weighted by Crippen LogP contribution is -2.20. The lowest BCUT2D eigenvalue weighted by atomic mass is 10.2. The summed E-state index contributed by atoms with van der Waals surface area (Å²) >= 11 is 5.95. The van der Waals surface area contributed by atoms with E-state index >= 15 is 0 Å². The van der Waals surface area contributed by atoms with E-state index in [9.17, 15) is 9.59 Å². The molecule has 0 radical (unpaired) electrons. The van der Waals surface area contributed by atoms with E-state index in [1.165, 1.54) is 0 Å². The van der Waals surface area contributed by atoms with Crippen LogP contribution in [0.25, 0.3) is 0 Å². The van der Waals surface area contributed by atoms with E-state index in [4.69, 9.17) is 11.6 Å². The van der Waals surface area contributed by atoms with Crippen molar-refractivity contribution in [1.29, 1.82) is 0 Å². The first-order chi connectivity index (χ1) is 11.0. The Kier molecular flexibility index (Phi) is 4.35. The Morgan fingerprint density at radius 2 is 1.65 bits per heavy atom. The van der Waals surface area contributed by atoms with Gasteiger partial charge in [-0.3, -0.25) is 9.59 Å². The molecule has 0 aromatic heterocycles. The second-order valence-corrected chi connectivity index (χ2v) is 6.19. The SMILES string of the molecule is Cc1ccc(Cl)cc1NC(=O)C1CC1C(=O)Nc1ccccc1. The molecule has 23 heavy (non-hydrogen) atoms. The Labute approximate surface area is 139 Å². The average molecular weight is 329 g/mol. The van der Waals surface area contributed by atoms with Crippen LogP contribution in [0.3, 0.4) is 0 Å². The topological polar surface area (TPSA) is 58.2 Å². The fourth-order valence-electron chi connectivity index (χ4n) is 2.49. The van der Waals surface area contributed by atoms with Crippen molar-refractivity contribution in [3.05, 3.63) is 59.1 Å². The smallest absolute Gasteiger partial charge is 0.228 e. The van der Waals surface area contributed by atoms with E-state index in [-0.39, 0.29) is 23.7 Å². The molecule has 2 aromatic carbocycles. The van der Waals surface area contributed by atoms with Crippen molar-refractivity contribution in [3.63, 3.8) is 0 Å². The highest BCUT2D eigenvalue weighted by molar-refractivity contribution is 6.31. The Morgan fingerprint density at radius 3 is 2.35 bits per heavy atom. The molecule has 0 spiro atoms. The largest absolute Gasteiger partial charge is 0.326 e. The molecular formula is C18H17ClN2O2. The number of rotatable bonds is 4. The fraction of sp³-hybridized carbons (Fsp3) is 0.222. The summed E-state index contributed by atoms with van der Waals surface area (Å²) in [5.74, 6) is -0.797. The minimum absolute atomic E-state index is 0.112. The summed E-state index contributed by atoms with van der Waals surface area (Å²) in [6.07, 6.45) is 0.574. The van der Waals surface area contributed by atoms with Gasteiger partial charge in [0, 0.05) is 16.4 Å². The van der Waals surface area contributed by atoms with Crippen LogP contribution in [0.1, 0.15) is 12.0 Å². The van der Waals surface area contributed by atoms with Crippen LogP contribution in [-0.4, -0.2) is 11.8 Å². The van der Waals surface area contributed by atoms with Gasteiger partial charge >= 0.3 is 0 Å². The summed E-state index contributed by atoms with van der Waals surface area (Å²) in [4.78, 5) is 24.4. The van der Waals surface area contributed by atoms with E-state index in [2.05, 4.69) is 10.6 Å². The number of hydrogen-bond acceptors (Lipinski definition) is 2. The number of carbonyl (C=O) groups excluding carboxylic acids is 2. The molecule has 0 heterocycles. The predicted octanol–water partition coefficient (Wildman–Crippen LogP) is 3.86. The molecule has 1 aliphatic rings. The van der Waals surface area contributed by atoms with E-state index < -0.39 is 0 Å². The van der Waals surface area contributed by atoms with Crippen molar-refractivity contribution in [3.8, 4) is 0 Å². The Hall–Kier alpha value is -2.33. The number of halogens is 1. The number of para-hydroxylation sites is 1.